The summed E-state index contributed by atoms with van der Waals surface area (Å²) < 4.78 is 5.69. The van der Waals surface area contributed by atoms with Gasteiger partial charge in [0.1, 0.15) is 16.7 Å². The van der Waals surface area contributed by atoms with Crippen molar-refractivity contribution in [2.45, 2.75) is 20.3 Å². The molecule has 0 saturated heterocycles. The molecule has 0 saturated carbocycles. The fourth-order valence-corrected chi connectivity index (χ4v) is 1.69. The van der Waals surface area contributed by atoms with Crippen LogP contribution in [0.1, 0.15) is 18.3 Å². The summed E-state index contributed by atoms with van der Waals surface area (Å²) in [7, 11) is 0. The number of hydrogen-bond acceptors (Lipinski definition) is 3. The van der Waals surface area contributed by atoms with Crippen molar-refractivity contribution in [2.75, 3.05) is 0 Å². The highest BCUT2D eigenvalue weighted by Gasteiger charge is 2.10. The Morgan fingerprint density at radius 1 is 1.11 bits per heavy atom. The summed E-state index contributed by atoms with van der Waals surface area (Å²) >= 11 is 11.9. The molecule has 2 aromatic rings. The average Bonchev–Trinajstić information content (AvgIpc) is 2.37. The van der Waals surface area contributed by atoms with Crippen LogP contribution in [-0.2, 0) is 6.42 Å². The molecular weight excluding hydrogens is 271 g/mol. The summed E-state index contributed by atoms with van der Waals surface area (Å²) in [5, 5.41) is 1.08. The summed E-state index contributed by atoms with van der Waals surface area (Å²) in [5.41, 5.74) is 0.726. The Bertz CT molecular complexity index is 556. The molecule has 0 atom stereocenters. The van der Waals surface area contributed by atoms with Crippen LogP contribution in [0.2, 0.25) is 10.2 Å². The molecule has 0 aliphatic heterocycles. The van der Waals surface area contributed by atoms with E-state index in [9.17, 15) is 0 Å². The van der Waals surface area contributed by atoms with Gasteiger partial charge in [-0.1, -0.05) is 30.1 Å². The third-order valence-corrected chi connectivity index (χ3v) is 3.05. The van der Waals surface area contributed by atoms with Gasteiger partial charge in [0, 0.05) is 17.0 Å². The minimum atomic E-state index is 0.422. The lowest BCUT2D eigenvalue weighted by Gasteiger charge is -2.09. The lowest BCUT2D eigenvalue weighted by molar-refractivity contribution is 0.454. The standard InChI is InChI=1S/C13H12Cl2N2O/c1-3-11-16-12(15)8(2)13(17-11)18-10-6-4-9(14)5-7-10/h4-7H,3H2,1-2H3. The van der Waals surface area contributed by atoms with Gasteiger partial charge in [0.25, 0.3) is 0 Å². The minimum Gasteiger partial charge on any atom is -0.439 e. The molecule has 18 heavy (non-hydrogen) atoms. The van der Waals surface area contributed by atoms with E-state index in [1.54, 1.807) is 24.3 Å². The summed E-state index contributed by atoms with van der Waals surface area (Å²) in [6.07, 6.45) is 0.705. The monoisotopic (exact) mass is 282 g/mol. The molecule has 5 heteroatoms. The topological polar surface area (TPSA) is 35.0 Å². The minimum absolute atomic E-state index is 0.422. The highest BCUT2D eigenvalue weighted by Crippen LogP contribution is 2.27. The van der Waals surface area contributed by atoms with Gasteiger partial charge in [0.05, 0.1) is 0 Å². The van der Waals surface area contributed by atoms with Gasteiger partial charge in [-0.05, 0) is 31.2 Å². The van der Waals surface area contributed by atoms with Gasteiger partial charge in [-0.25, -0.2) is 4.98 Å². The van der Waals surface area contributed by atoms with Crippen LogP contribution in [0, 0.1) is 6.92 Å². The van der Waals surface area contributed by atoms with E-state index in [2.05, 4.69) is 9.97 Å². The van der Waals surface area contributed by atoms with Crippen molar-refractivity contribution in [1.29, 1.82) is 0 Å². The van der Waals surface area contributed by atoms with Crippen LogP contribution in [-0.4, -0.2) is 9.97 Å². The molecule has 1 aromatic carbocycles. The first kappa shape index (κ1) is 13.1. The van der Waals surface area contributed by atoms with Crippen LogP contribution in [0.25, 0.3) is 0 Å². The highest BCUT2D eigenvalue weighted by atomic mass is 35.5. The number of nitrogens with zero attached hydrogens (tertiary/aromatic N) is 2. The molecule has 0 bridgehead atoms. The fourth-order valence-electron chi connectivity index (χ4n) is 1.38. The second kappa shape index (κ2) is 5.55. The van der Waals surface area contributed by atoms with E-state index >= 15 is 0 Å². The second-order valence-corrected chi connectivity index (χ2v) is 4.56. The Morgan fingerprint density at radius 3 is 2.39 bits per heavy atom. The number of benzene rings is 1. The zero-order valence-electron chi connectivity index (χ0n) is 10.1. The van der Waals surface area contributed by atoms with Crippen molar-refractivity contribution in [3.05, 3.63) is 45.8 Å². The molecular formula is C13H12Cl2N2O. The SMILES string of the molecule is CCc1nc(Cl)c(C)c(Oc2ccc(Cl)cc2)n1. The van der Waals surface area contributed by atoms with Gasteiger partial charge < -0.3 is 4.74 Å². The molecule has 0 aliphatic rings. The van der Waals surface area contributed by atoms with Gasteiger partial charge in [-0.3, -0.25) is 0 Å². The lowest BCUT2D eigenvalue weighted by Crippen LogP contribution is -2.00. The zero-order valence-corrected chi connectivity index (χ0v) is 11.6. The number of rotatable bonds is 3. The summed E-state index contributed by atoms with van der Waals surface area (Å²) in [6.45, 7) is 3.79. The van der Waals surface area contributed by atoms with Crippen molar-refractivity contribution < 1.29 is 4.74 Å². The van der Waals surface area contributed by atoms with Gasteiger partial charge in [0.15, 0.2) is 0 Å². The first-order valence-electron chi connectivity index (χ1n) is 5.56. The fraction of sp³-hybridized carbons (Fsp3) is 0.231. The van der Waals surface area contributed by atoms with Crippen LogP contribution in [0.3, 0.4) is 0 Å². The van der Waals surface area contributed by atoms with E-state index in [1.807, 2.05) is 13.8 Å². The second-order valence-electron chi connectivity index (χ2n) is 3.77. The third-order valence-electron chi connectivity index (χ3n) is 2.43. The Balaban J connectivity index is 2.33. The highest BCUT2D eigenvalue weighted by molar-refractivity contribution is 6.30. The lowest BCUT2D eigenvalue weighted by atomic mass is 10.3. The number of aryl methyl sites for hydroxylation is 1. The van der Waals surface area contributed by atoms with Crippen LogP contribution < -0.4 is 4.74 Å². The van der Waals surface area contributed by atoms with E-state index in [0.717, 1.165) is 5.56 Å². The Hall–Kier alpha value is -1.32. The molecule has 0 unspecified atom stereocenters. The molecule has 0 radical (unpaired) electrons. The van der Waals surface area contributed by atoms with Crippen molar-refractivity contribution in [1.82, 2.24) is 9.97 Å². The number of aromatic nitrogens is 2. The van der Waals surface area contributed by atoms with Gasteiger partial charge in [0.2, 0.25) is 5.88 Å². The molecule has 0 amide bonds. The maximum atomic E-state index is 6.04. The number of ether oxygens (including phenoxy) is 1. The van der Waals surface area contributed by atoms with Crippen LogP contribution >= 0.6 is 23.2 Å². The van der Waals surface area contributed by atoms with E-state index in [1.165, 1.54) is 0 Å². The molecule has 94 valence electrons. The summed E-state index contributed by atoms with van der Waals surface area (Å²) in [6, 6.07) is 7.08. The van der Waals surface area contributed by atoms with Crippen molar-refractivity contribution in [2.24, 2.45) is 0 Å². The molecule has 1 heterocycles. The Labute approximate surface area is 116 Å². The van der Waals surface area contributed by atoms with E-state index in [4.69, 9.17) is 27.9 Å². The van der Waals surface area contributed by atoms with E-state index in [-0.39, 0.29) is 0 Å². The summed E-state index contributed by atoms with van der Waals surface area (Å²) in [4.78, 5) is 8.48. The Kier molecular flexibility index (Phi) is 4.04. The van der Waals surface area contributed by atoms with Gasteiger partial charge in [-0.15, -0.1) is 0 Å². The average molecular weight is 283 g/mol. The normalized spacial score (nSPS) is 10.4. The van der Waals surface area contributed by atoms with Gasteiger partial charge in [-0.2, -0.15) is 4.98 Å². The molecule has 3 nitrogen and oxygen atoms in total. The zero-order chi connectivity index (χ0) is 13.1. The first-order valence-corrected chi connectivity index (χ1v) is 6.32. The number of halogens is 2. The van der Waals surface area contributed by atoms with Gasteiger partial charge >= 0.3 is 0 Å². The maximum Gasteiger partial charge on any atom is 0.226 e. The molecule has 0 fully saturated rings. The molecule has 1 aromatic heterocycles. The quantitative estimate of drug-likeness (QED) is 0.781. The van der Waals surface area contributed by atoms with Crippen molar-refractivity contribution in [3.8, 4) is 11.6 Å². The van der Waals surface area contributed by atoms with E-state index in [0.29, 0.717) is 34.1 Å². The summed E-state index contributed by atoms with van der Waals surface area (Å²) in [5.74, 6) is 1.81. The largest absolute Gasteiger partial charge is 0.439 e. The predicted molar refractivity (Wildman–Crippen MR) is 72.7 cm³/mol. The maximum absolute atomic E-state index is 6.04. The van der Waals surface area contributed by atoms with E-state index < -0.39 is 0 Å². The third kappa shape index (κ3) is 2.92. The Morgan fingerprint density at radius 2 is 1.78 bits per heavy atom. The van der Waals surface area contributed by atoms with Crippen LogP contribution in [0.4, 0.5) is 0 Å². The first-order chi connectivity index (χ1) is 8.60. The number of hydrogen-bond donors (Lipinski definition) is 0. The van der Waals surface area contributed by atoms with Crippen LogP contribution in [0.15, 0.2) is 24.3 Å². The molecule has 0 N–H and O–H groups in total. The molecule has 2 rings (SSSR count). The van der Waals surface area contributed by atoms with Crippen LogP contribution in [0.5, 0.6) is 11.6 Å². The smallest absolute Gasteiger partial charge is 0.226 e. The van der Waals surface area contributed by atoms with Crippen molar-refractivity contribution in [3.63, 3.8) is 0 Å². The van der Waals surface area contributed by atoms with Crippen molar-refractivity contribution >= 4 is 23.2 Å². The molecule has 0 aliphatic carbocycles. The predicted octanol–water partition coefficient (Wildman–Crippen LogP) is 4.45. The molecule has 0 spiro atoms.